The van der Waals surface area contributed by atoms with E-state index in [0.717, 1.165) is 17.8 Å². The fourth-order valence-corrected chi connectivity index (χ4v) is 2.22. The SMILES string of the molecule is CCNc1ccc(C(=O)N(C)C(C)C2CC2)cc1. The van der Waals surface area contributed by atoms with Gasteiger partial charge in [0.15, 0.2) is 0 Å². The number of benzene rings is 1. The largest absolute Gasteiger partial charge is 0.385 e. The van der Waals surface area contributed by atoms with E-state index in [1.807, 2.05) is 36.2 Å². The zero-order valence-corrected chi connectivity index (χ0v) is 11.4. The molecule has 1 unspecified atom stereocenters. The number of carbonyl (C=O) groups is 1. The Morgan fingerprint density at radius 1 is 1.39 bits per heavy atom. The molecule has 1 atom stereocenters. The standard InChI is InChI=1S/C15H22N2O/c1-4-16-14-9-7-13(8-10-14)15(18)17(3)11(2)12-5-6-12/h7-12,16H,4-6H2,1-3H3. The van der Waals surface area contributed by atoms with Gasteiger partial charge >= 0.3 is 0 Å². The van der Waals surface area contributed by atoms with Gasteiger partial charge in [-0.2, -0.15) is 0 Å². The topological polar surface area (TPSA) is 32.3 Å². The van der Waals surface area contributed by atoms with Crippen LogP contribution in [0.3, 0.4) is 0 Å². The normalized spacial score (nSPS) is 16.2. The first kappa shape index (κ1) is 12.9. The monoisotopic (exact) mass is 246 g/mol. The summed E-state index contributed by atoms with van der Waals surface area (Å²) in [6, 6.07) is 8.08. The highest BCUT2D eigenvalue weighted by molar-refractivity contribution is 5.94. The lowest BCUT2D eigenvalue weighted by Crippen LogP contribution is -2.36. The van der Waals surface area contributed by atoms with Gasteiger partial charge < -0.3 is 10.2 Å². The molecule has 1 saturated carbocycles. The van der Waals surface area contributed by atoms with Gasteiger partial charge in [0.05, 0.1) is 0 Å². The molecule has 1 aliphatic carbocycles. The van der Waals surface area contributed by atoms with Crippen LogP contribution >= 0.6 is 0 Å². The molecular formula is C15H22N2O. The summed E-state index contributed by atoms with van der Waals surface area (Å²) in [5.41, 5.74) is 1.83. The van der Waals surface area contributed by atoms with Crippen molar-refractivity contribution in [3.05, 3.63) is 29.8 Å². The van der Waals surface area contributed by atoms with Crippen LogP contribution in [0.2, 0.25) is 0 Å². The molecule has 1 aromatic rings. The number of rotatable bonds is 5. The van der Waals surface area contributed by atoms with E-state index >= 15 is 0 Å². The Labute approximate surface area is 109 Å². The summed E-state index contributed by atoms with van der Waals surface area (Å²) in [6.07, 6.45) is 2.52. The number of hydrogen-bond donors (Lipinski definition) is 1. The van der Waals surface area contributed by atoms with Crippen molar-refractivity contribution in [2.75, 3.05) is 18.9 Å². The highest BCUT2D eigenvalue weighted by Crippen LogP contribution is 2.35. The number of amides is 1. The third-order valence-corrected chi connectivity index (χ3v) is 3.75. The second-order valence-corrected chi connectivity index (χ2v) is 5.10. The van der Waals surface area contributed by atoms with Gasteiger partial charge in [-0.3, -0.25) is 4.79 Å². The molecule has 0 radical (unpaired) electrons. The minimum Gasteiger partial charge on any atom is -0.385 e. The quantitative estimate of drug-likeness (QED) is 0.866. The van der Waals surface area contributed by atoms with Gasteiger partial charge in [0, 0.05) is 30.9 Å². The summed E-state index contributed by atoms with van der Waals surface area (Å²) in [6.45, 7) is 5.10. The molecule has 1 aliphatic rings. The second kappa shape index (κ2) is 5.42. The highest BCUT2D eigenvalue weighted by Gasteiger charge is 2.32. The molecule has 1 fully saturated rings. The van der Waals surface area contributed by atoms with Crippen LogP contribution in [0.5, 0.6) is 0 Å². The molecule has 1 aromatic carbocycles. The molecule has 0 saturated heterocycles. The molecule has 3 nitrogen and oxygen atoms in total. The van der Waals surface area contributed by atoms with Crippen LogP contribution < -0.4 is 5.32 Å². The average Bonchev–Trinajstić information content (AvgIpc) is 3.22. The Bertz CT molecular complexity index is 409. The fraction of sp³-hybridized carbons (Fsp3) is 0.533. The third kappa shape index (κ3) is 2.84. The van der Waals surface area contributed by atoms with Gasteiger partial charge in [0.2, 0.25) is 0 Å². The first-order chi connectivity index (χ1) is 8.63. The lowest BCUT2D eigenvalue weighted by Gasteiger charge is -2.25. The predicted octanol–water partition coefficient (Wildman–Crippen LogP) is 2.99. The van der Waals surface area contributed by atoms with E-state index in [-0.39, 0.29) is 5.91 Å². The molecule has 98 valence electrons. The van der Waals surface area contributed by atoms with Crippen LogP contribution in [0.25, 0.3) is 0 Å². The molecule has 0 aliphatic heterocycles. The number of anilines is 1. The van der Waals surface area contributed by atoms with Crippen LogP contribution in [0.4, 0.5) is 5.69 Å². The van der Waals surface area contributed by atoms with Gasteiger partial charge in [0.1, 0.15) is 0 Å². The molecule has 0 aromatic heterocycles. The second-order valence-electron chi connectivity index (χ2n) is 5.10. The Morgan fingerprint density at radius 2 is 2.00 bits per heavy atom. The van der Waals surface area contributed by atoms with Crippen molar-refractivity contribution in [1.29, 1.82) is 0 Å². The zero-order valence-electron chi connectivity index (χ0n) is 11.4. The lowest BCUT2D eigenvalue weighted by molar-refractivity contribution is 0.0727. The lowest BCUT2D eigenvalue weighted by atomic mass is 10.1. The maximum atomic E-state index is 12.3. The Kier molecular flexibility index (Phi) is 3.90. The summed E-state index contributed by atoms with van der Waals surface area (Å²) >= 11 is 0. The maximum Gasteiger partial charge on any atom is 0.253 e. The van der Waals surface area contributed by atoms with Crippen LogP contribution in [0, 0.1) is 5.92 Å². The molecule has 0 bridgehead atoms. The molecule has 1 amide bonds. The van der Waals surface area contributed by atoms with Crippen molar-refractivity contribution in [3.63, 3.8) is 0 Å². The van der Waals surface area contributed by atoms with Gasteiger partial charge in [-0.05, 0) is 56.9 Å². The minimum atomic E-state index is 0.123. The molecule has 2 rings (SSSR count). The predicted molar refractivity (Wildman–Crippen MR) is 74.9 cm³/mol. The van der Waals surface area contributed by atoms with E-state index in [4.69, 9.17) is 0 Å². The molecule has 18 heavy (non-hydrogen) atoms. The van der Waals surface area contributed by atoms with Crippen LogP contribution in [-0.2, 0) is 0 Å². The Morgan fingerprint density at radius 3 is 2.50 bits per heavy atom. The van der Waals surface area contributed by atoms with Crippen LogP contribution in [0.1, 0.15) is 37.0 Å². The molecule has 0 heterocycles. The fourth-order valence-electron chi connectivity index (χ4n) is 2.22. The van der Waals surface area contributed by atoms with Crippen molar-refractivity contribution in [3.8, 4) is 0 Å². The third-order valence-electron chi connectivity index (χ3n) is 3.75. The summed E-state index contributed by atoms with van der Waals surface area (Å²) in [5.74, 6) is 0.831. The number of hydrogen-bond acceptors (Lipinski definition) is 2. The molecule has 1 N–H and O–H groups in total. The number of carbonyl (C=O) groups excluding carboxylic acids is 1. The zero-order chi connectivity index (χ0) is 13.1. The van der Waals surface area contributed by atoms with E-state index in [2.05, 4.69) is 19.2 Å². The maximum absolute atomic E-state index is 12.3. The van der Waals surface area contributed by atoms with Gasteiger partial charge in [-0.1, -0.05) is 0 Å². The van der Waals surface area contributed by atoms with E-state index in [9.17, 15) is 4.79 Å². The number of nitrogens with one attached hydrogen (secondary N) is 1. The Balaban J connectivity index is 2.03. The van der Waals surface area contributed by atoms with Gasteiger partial charge in [0.25, 0.3) is 5.91 Å². The Hall–Kier alpha value is -1.51. The van der Waals surface area contributed by atoms with Gasteiger partial charge in [-0.15, -0.1) is 0 Å². The minimum absolute atomic E-state index is 0.123. The van der Waals surface area contributed by atoms with E-state index in [0.29, 0.717) is 12.0 Å². The molecule has 3 heteroatoms. The first-order valence-electron chi connectivity index (χ1n) is 6.74. The van der Waals surface area contributed by atoms with Crippen molar-refractivity contribution < 1.29 is 4.79 Å². The number of nitrogens with zero attached hydrogens (tertiary/aromatic N) is 1. The molecule has 0 spiro atoms. The van der Waals surface area contributed by atoms with Crippen molar-refractivity contribution in [2.24, 2.45) is 5.92 Å². The smallest absolute Gasteiger partial charge is 0.253 e. The highest BCUT2D eigenvalue weighted by atomic mass is 16.2. The van der Waals surface area contributed by atoms with E-state index < -0.39 is 0 Å². The summed E-state index contributed by atoms with van der Waals surface area (Å²) in [7, 11) is 1.91. The first-order valence-corrected chi connectivity index (χ1v) is 6.74. The van der Waals surface area contributed by atoms with Crippen molar-refractivity contribution >= 4 is 11.6 Å². The molecular weight excluding hydrogens is 224 g/mol. The van der Waals surface area contributed by atoms with Gasteiger partial charge in [-0.25, -0.2) is 0 Å². The van der Waals surface area contributed by atoms with Crippen LogP contribution in [0.15, 0.2) is 24.3 Å². The van der Waals surface area contributed by atoms with Crippen molar-refractivity contribution in [1.82, 2.24) is 4.90 Å². The summed E-state index contributed by atoms with van der Waals surface area (Å²) in [5, 5.41) is 3.23. The van der Waals surface area contributed by atoms with Crippen LogP contribution in [-0.4, -0.2) is 30.4 Å². The summed E-state index contributed by atoms with van der Waals surface area (Å²) < 4.78 is 0. The van der Waals surface area contributed by atoms with E-state index in [1.54, 1.807) is 0 Å². The van der Waals surface area contributed by atoms with Crippen molar-refractivity contribution in [2.45, 2.75) is 32.7 Å². The summed E-state index contributed by atoms with van der Waals surface area (Å²) in [4.78, 5) is 14.2. The average molecular weight is 246 g/mol. The van der Waals surface area contributed by atoms with E-state index in [1.165, 1.54) is 12.8 Å².